The first-order chi connectivity index (χ1) is 9.83. The van der Waals surface area contributed by atoms with Crippen molar-refractivity contribution in [1.82, 2.24) is 9.97 Å². The normalized spacial score (nSPS) is 10.2. The Balaban J connectivity index is 1.98. The van der Waals surface area contributed by atoms with Crippen molar-refractivity contribution in [2.45, 2.75) is 39.0 Å². The molecule has 0 aliphatic rings. The molecule has 0 fully saturated rings. The number of nitrogens with zero attached hydrogens (tertiary/aromatic N) is 3. The standard InChI is InChI=1S/C17H19N3/c1-2-3-4-5-6-16-12-20-17(13-19-16)15-9-7-14(11-18)8-10-15/h7-10,12-13H,2-6H2,1H3. The van der Waals surface area contributed by atoms with E-state index in [1.54, 1.807) is 12.1 Å². The Hall–Kier alpha value is -2.21. The minimum absolute atomic E-state index is 0.661. The summed E-state index contributed by atoms with van der Waals surface area (Å²) in [5.41, 5.74) is 3.56. The van der Waals surface area contributed by atoms with Crippen molar-refractivity contribution in [1.29, 1.82) is 5.26 Å². The van der Waals surface area contributed by atoms with Gasteiger partial charge in [0.15, 0.2) is 0 Å². The highest BCUT2D eigenvalue weighted by molar-refractivity contribution is 5.59. The van der Waals surface area contributed by atoms with Gasteiger partial charge in [0.1, 0.15) is 0 Å². The molecule has 0 N–H and O–H groups in total. The van der Waals surface area contributed by atoms with Gasteiger partial charge in [-0.05, 0) is 25.0 Å². The summed E-state index contributed by atoms with van der Waals surface area (Å²) in [6, 6.07) is 9.53. The topological polar surface area (TPSA) is 49.6 Å². The first kappa shape index (κ1) is 14.2. The van der Waals surface area contributed by atoms with E-state index in [4.69, 9.17) is 5.26 Å². The molecule has 0 aliphatic heterocycles. The van der Waals surface area contributed by atoms with Crippen LogP contribution < -0.4 is 0 Å². The summed E-state index contributed by atoms with van der Waals surface area (Å²) in [5.74, 6) is 0. The predicted octanol–water partition coefficient (Wildman–Crippen LogP) is 4.14. The van der Waals surface area contributed by atoms with Crippen molar-refractivity contribution >= 4 is 0 Å². The maximum atomic E-state index is 8.78. The van der Waals surface area contributed by atoms with E-state index >= 15 is 0 Å². The van der Waals surface area contributed by atoms with Crippen molar-refractivity contribution in [3.05, 3.63) is 47.9 Å². The number of nitriles is 1. The lowest BCUT2D eigenvalue weighted by molar-refractivity contribution is 0.659. The SMILES string of the molecule is CCCCCCc1cnc(-c2ccc(C#N)cc2)cn1. The number of benzene rings is 1. The van der Waals surface area contributed by atoms with Crippen molar-refractivity contribution in [3.8, 4) is 17.3 Å². The van der Waals surface area contributed by atoms with Gasteiger partial charge in [0.05, 0.1) is 29.2 Å². The molecule has 0 unspecified atom stereocenters. The summed E-state index contributed by atoms with van der Waals surface area (Å²) in [5, 5.41) is 8.78. The highest BCUT2D eigenvalue weighted by Gasteiger charge is 2.01. The van der Waals surface area contributed by atoms with Crippen LogP contribution in [0.3, 0.4) is 0 Å². The number of rotatable bonds is 6. The number of aryl methyl sites for hydroxylation is 1. The molecular weight excluding hydrogens is 246 g/mol. The summed E-state index contributed by atoms with van der Waals surface area (Å²) in [4.78, 5) is 8.93. The van der Waals surface area contributed by atoms with E-state index in [0.717, 1.165) is 23.4 Å². The third-order valence-electron chi connectivity index (χ3n) is 3.30. The lowest BCUT2D eigenvalue weighted by Crippen LogP contribution is -1.94. The average Bonchev–Trinajstić information content (AvgIpc) is 2.52. The Morgan fingerprint density at radius 2 is 1.80 bits per heavy atom. The van der Waals surface area contributed by atoms with Crippen LogP contribution in [0.2, 0.25) is 0 Å². The molecule has 0 saturated heterocycles. The molecule has 1 aromatic carbocycles. The van der Waals surface area contributed by atoms with Crippen molar-refractivity contribution in [2.75, 3.05) is 0 Å². The quantitative estimate of drug-likeness (QED) is 0.737. The zero-order chi connectivity index (χ0) is 14.2. The van der Waals surface area contributed by atoms with Crippen LogP contribution in [0.15, 0.2) is 36.7 Å². The van der Waals surface area contributed by atoms with Gasteiger partial charge >= 0.3 is 0 Å². The molecule has 2 aromatic rings. The van der Waals surface area contributed by atoms with Gasteiger partial charge in [-0.25, -0.2) is 0 Å². The maximum Gasteiger partial charge on any atom is 0.0991 e. The van der Waals surface area contributed by atoms with Crippen LogP contribution in [-0.2, 0) is 6.42 Å². The van der Waals surface area contributed by atoms with Crippen LogP contribution in [0, 0.1) is 11.3 Å². The molecule has 0 spiro atoms. The first-order valence-electron chi connectivity index (χ1n) is 7.15. The van der Waals surface area contributed by atoms with Crippen LogP contribution in [0.4, 0.5) is 0 Å². The molecule has 2 rings (SSSR count). The summed E-state index contributed by atoms with van der Waals surface area (Å²) < 4.78 is 0. The third-order valence-corrected chi connectivity index (χ3v) is 3.30. The Labute approximate surface area is 120 Å². The fraction of sp³-hybridized carbons (Fsp3) is 0.353. The maximum absolute atomic E-state index is 8.78. The molecule has 1 heterocycles. The van der Waals surface area contributed by atoms with Gasteiger partial charge in [0.2, 0.25) is 0 Å². The van der Waals surface area contributed by atoms with Gasteiger partial charge in [-0.1, -0.05) is 38.3 Å². The number of hydrogen-bond donors (Lipinski definition) is 0. The Bertz CT molecular complexity index is 565. The molecule has 1 aromatic heterocycles. The molecular formula is C17H19N3. The fourth-order valence-electron chi connectivity index (χ4n) is 2.08. The molecule has 0 saturated carbocycles. The zero-order valence-electron chi connectivity index (χ0n) is 11.8. The molecule has 0 amide bonds. The largest absolute Gasteiger partial charge is 0.257 e. The van der Waals surface area contributed by atoms with Gasteiger partial charge in [0.25, 0.3) is 0 Å². The smallest absolute Gasteiger partial charge is 0.0991 e. The van der Waals surface area contributed by atoms with E-state index < -0.39 is 0 Å². The summed E-state index contributed by atoms with van der Waals surface area (Å²) in [6.45, 7) is 2.21. The van der Waals surface area contributed by atoms with Crippen LogP contribution in [-0.4, -0.2) is 9.97 Å². The molecule has 0 radical (unpaired) electrons. The van der Waals surface area contributed by atoms with E-state index in [9.17, 15) is 0 Å². The lowest BCUT2D eigenvalue weighted by Gasteiger charge is -2.03. The second kappa shape index (κ2) is 7.40. The highest BCUT2D eigenvalue weighted by Crippen LogP contribution is 2.16. The number of hydrogen-bond acceptors (Lipinski definition) is 3. The molecule has 0 atom stereocenters. The van der Waals surface area contributed by atoms with Crippen LogP contribution in [0.1, 0.15) is 43.9 Å². The Morgan fingerprint density at radius 3 is 2.40 bits per heavy atom. The summed E-state index contributed by atoms with van der Waals surface area (Å²) >= 11 is 0. The second-order valence-electron chi connectivity index (χ2n) is 4.89. The average molecular weight is 265 g/mol. The molecule has 102 valence electrons. The predicted molar refractivity (Wildman–Crippen MR) is 80.0 cm³/mol. The minimum atomic E-state index is 0.661. The van der Waals surface area contributed by atoms with Crippen molar-refractivity contribution in [3.63, 3.8) is 0 Å². The van der Waals surface area contributed by atoms with Gasteiger partial charge in [-0.3, -0.25) is 9.97 Å². The van der Waals surface area contributed by atoms with E-state index in [2.05, 4.69) is 23.0 Å². The lowest BCUT2D eigenvalue weighted by atomic mass is 10.1. The molecule has 0 aliphatic carbocycles. The second-order valence-corrected chi connectivity index (χ2v) is 4.89. The van der Waals surface area contributed by atoms with Crippen molar-refractivity contribution in [2.24, 2.45) is 0 Å². The van der Waals surface area contributed by atoms with Gasteiger partial charge < -0.3 is 0 Å². The van der Waals surface area contributed by atoms with E-state index in [1.807, 2.05) is 24.5 Å². The molecule has 3 heteroatoms. The van der Waals surface area contributed by atoms with Crippen LogP contribution >= 0.6 is 0 Å². The number of unbranched alkanes of at least 4 members (excludes halogenated alkanes) is 3. The van der Waals surface area contributed by atoms with Gasteiger partial charge in [-0.15, -0.1) is 0 Å². The summed E-state index contributed by atoms with van der Waals surface area (Å²) in [6.07, 6.45) is 9.66. The van der Waals surface area contributed by atoms with Gasteiger partial charge in [0, 0.05) is 11.8 Å². The van der Waals surface area contributed by atoms with Gasteiger partial charge in [-0.2, -0.15) is 5.26 Å². The highest BCUT2D eigenvalue weighted by atomic mass is 14.8. The van der Waals surface area contributed by atoms with E-state index in [1.165, 1.54) is 25.7 Å². The monoisotopic (exact) mass is 265 g/mol. The molecule has 0 bridgehead atoms. The molecule has 20 heavy (non-hydrogen) atoms. The molecule has 3 nitrogen and oxygen atoms in total. The zero-order valence-corrected chi connectivity index (χ0v) is 11.8. The number of aromatic nitrogens is 2. The van der Waals surface area contributed by atoms with Crippen LogP contribution in [0.5, 0.6) is 0 Å². The first-order valence-corrected chi connectivity index (χ1v) is 7.15. The van der Waals surface area contributed by atoms with Crippen LogP contribution in [0.25, 0.3) is 11.3 Å². The Morgan fingerprint density at radius 1 is 1.00 bits per heavy atom. The van der Waals surface area contributed by atoms with E-state index in [-0.39, 0.29) is 0 Å². The van der Waals surface area contributed by atoms with Crippen molar-refractivity contribution < 1.29 is 0 Å². The fourth-order valence-corrected chi connectivity index (χ4v) is 2.08. The van der Waals surface area contributed by atoms with E-state index in [0.29, 0.717) is 5.56 Å². The minimum Gasteiger partial charge on any atom is -0.257 e. The third kappa shape index (κ3) is 3.89. The Kier molecular flexibility index (Phi) is 5.25. The summed E-state index contributed by atoms with van der Waals surface area (Å²) in [7, 11) is 0.